The van der Waals surface area contributed by atoms with Gasteiger partial charge in [0.2, 0.25) is 0 Å². The molecule has 1 aliphatic rings. The van der Waals surface area contributed by atoms with Crippen molar-refractivity contribution in [2.75, 3.05) is 13.2 Å². The molecule has 24 heavy (non-hydrogen) atoms. The Labute approximate surface area is 146 Å². The summed E-state index contributed by atoms with van der Waals surface area (Å²) in [5, 5.41) is 5.31. The van der Waals surface area contributed by atoms with Crippen LogP contribution in [0.25, 0.3) is 0 Å². The number of carbonyl (C=O) groups is 1. The Kier molecular flexibility index (Phi) is 5.21. The normalized spacial score (nSPS) is 16.8. The Balaban J connectivity index is 1.76. The van der Waals surface area contributed by atoms with Crippen molar-refractivity contribution in [3.8, 4) is 5.75 Å². The molecule has 0 bridgehead atoms. The van der Waals surface area contributed by atoms with Gasteiger partial charge in [0.25, 0.3) is 5.91 Å². The summed E-state index contributed by atoms with van der Waals surface area (Å²) in [7, 11) is 0. The van der Waals surface area contributed by atoms with Gasteiger partial charge in [-0.1, -0.05) is 6.07 Å². The molecule has 1 aromatic heterocycles. The molecule has 1 fully saturated rings. The molecule has 4 nitrogen and oxygen atoms in total. The molecule has 0 spiro atoms. The first kappa shape index (κ1) is 17.0. The number of rotatable bonds is 5. The standard InChI is InChI=1S/C19H23NO3S/c1-14(2)23-16-7-5-15(6-8-16)18(21)20-19(9-11-22-12-10-19)17-4-3-13-24-17/h3-8,13-14H,9-12H2,1-2H3,(H,20,21). The monoisotopic (exact) mass is 345 g/mol. The van der Waals surface area contributed by atoms with Crippen molar-refractivity contribution in [3.63, 3.8) is 0 Å². The molecule has 3 rings (SSSR count). The molecule has 1 aromatic carbocycles. The molecular formula is C19H23NO3S. The zero-order valence-electron chi connectivity index (χ0n) is 14.1. The van der Waals surface area contributed by atoms with E-state index in [1.54, 1.807) is 11.3 Å². The molecule has 5 heteroatoms. The van der Waals surface area contributed by atoms with E-state index < -0.39 is 0 Å². The van der Waals surface area contributed by atoms with Crippen LogP contribution in [-0.4, -0.2) is 25.2 Å². The third kappa shape index (κ3) is 3.79. The molecule has 1 amide bonds. The summed E-state index contributed by atoms with van der Waals surface area (Å²) in [6, 6.07) is 11.4. The maximum Gasteiger partial charge on any atom is 0.252 e. The first-order valence-electron chi connectivity index (χ1n) is 8.30. The number of nitrogens with one attached hydrogen (secondary N) is 1. The molecule has 0 unspecified atom stereocenters. The predicted molar refractivity (Wildman–Crippen MR) is 95.7 cm³/mol. The maximum atomic E-state index is 12.8. The number of hydrogen-bond donors (Lipinski definition) is 1. The molecule has 1 aliphatic heterocycles. The van der Waals surface area contributed by atoms with Crippen molar-refractivity contribution < 1.29 is 14.3 Å². The van der Waals surface area contributed by atoms with Gasteiger partial charge >= 0.3 is 0 Å². The Bertz CT molecular complexity index is 658. The van der Waals surface area contributed by atoms with Gasteiger partial charge in [0, 0.05) is 23.7 Å². The van der Waals surface area contributed by atoms with Crippen LogP contribution in [0.1, 0.15) is 41.9 Å². The average Bonchev–Trinajstić information content (AvgIpc) is 3.11. The highest BCUT2D eigenvalue weighted by Gasteiger charge is 2.37. The van der Waals surface area contributed by atoms with Crippen molar-refractivity contribution >= 4 is 17.2 Å². The van der Waals surface area contributed by atoms with Crippen LogP contribution in [0.4, 0.5) is 0 Å². The minimum Gasteiger partial charge on any atom is -0.491 e. The maximum absolute atomic E-state index is 12.8. The van der Waals surface area contributed by atoms with Crippen molar-refractivity contribution in [1.82, 2.24) is 5.32 Å². The van der Waals surface area contributed by atoms with E-state index in [9.17, 15) is 4.79 Å². The van der Waals surface area contributed by atoms with Crippen molar-refractivity contribution in [2.45, 2.75) is 38.3 Å². The van der Waals surface area contributed by atoms with Crippen molar-refractivity contribution in [3.05, 3.63) is 52.2 Å². The van der Waals surface area contributed by atoms with Crippen LogP contribution in [0.5, 0.6) is 5.75 Å². The van der Waals surface area contributed by atoms with E-state index in [0.717, 1.165) is 18.6 Å². The lowest BCUT2D eigenvalue weighted by Gasteiger charge is -2.37. The largest absolute Gasteiger partial charge is 0.491 e. The number of amides is 1. The summed E-state index contributed by atoms with van der Waals surface area (Å²) < 4.78 is 11.1. The lowest BCUT2D eigenvalue weighted by atomic mass is 9.88. The predicted octanol–water partition coefficient (Wildman–Crippen LogP) is 3.97. The molecule has 0 radical (unpaired) electrons. The van der Waals surface area contributed by atoms with Gasteiger partial charge in [-0.05, 0) is 62.4 Å². The van der Waals surface area contributed by atoms with Crippen LogP contribution in [0.15, 0.2) is 41.8 Å². The van der Waals surface area contributed by atoms with Gasteiger partial charge in [0.05, 0.1) is 11.6 Å². The van der Waals surface area contributed by atoms with E-state index in [2.05, 4.69) is 16.8 Å². The summed E-state index contributed by atoms with van der Waals surface area (Å²) in [4.78, 5) is 14.0. The highest BCUT2D eigenvalue weighted by atomic mass is 32.1. The molecule has 0 saturated carbocycles. The fraction of sp³-hybridized carbons (Fsp3) is 0.421. The SMILES string of the molecule is CC(C)Oc1ccc(C(=O)NC2(c3cccs3)CCOCC2)cc1. The smallest absolute Gasteiger partial charge is 0.252 e. The topological polar surface area (TPSA) is 47.6 Å². The molecule has 2 aromatic rings. The number of hydrogen-bond acceptors (Lipinski definition) is 4. The van der Waals surface area contributed by atoms with Crippen LogP contribution in [0, 0.1) is 0 Å². The summed E-state index contributed by atoms with van der Waals surface area (Å²) in [6.45, 7) is 5.30. The summed E-state index contributed by atoms with van der Waals surface area (Å²) >= 11 is 1.68. The second-order valence-corrected chi connectivity index (χ2v) is 7.26. The Morgan fingerprint density at radius 2 is 1.92 bits per heavy atom. The van der Waals surface area contributed by atoms with Crippen LogP contribution < -0.4 is 10.1 Å². The average molecular weight is 345 g/mol. The Hall–Kier alpha value is -1.85. The van der Waals surface area contributed by atoms with Crippen LogP contribution in [0.2, 0.25) is 0 Å². The van der Waals surface area contributed by atoms with E-state index in [4.69, 9.17) is 9.47 Å². The molecule has 0 atom stereocenters. The third-order valence-corrected chi connectivity index (χ3v) is 5.25. The lowest BCUT2D eigenvalue weighted by molar-refractivity contribution is 0.0358. The minimum absolute atomic E-state index is 0.0543. The highest BCUT2D eigenvalue weighted by molar-refractivity contribution is 7.10. The molecule has 2 heterocycles. The fourth-order valence-corrected chi connectivity index (χ4v) is 3.89. The van der Waals surface area contributed by atoms with Gasteiger partial charge < -0.3 is 14.8 Å². The molecule has 1 saturated heterocycles. The second-order valence-electron chi connectivity index (χ2n) is 6.32. The van der Waals surface area contributed by atoms with Gasteiger partial charge in [-0.15, -0.1) is 11.3 Å². The molecule has 1 N–H and O–H groups in total. The highest BCUT2D eigenvalue weighted by Crippen LogP contribution is 2.35. The Morgan fingerprint density at radius 1 is 1.21 bits per heavy atom. The first-order chi connectivity index (χ1) is 11.6. The molecular weight excluding hydrogens is 322 g/mol. The van der Waals surface area contributed by atoms with Crippen LogP contribution in [0.3, 0.4) is 0 Å². The molecule has 0 aliphatic carbocycles. The van der Waals surface area contributed by atoms with Gasteiger partial charge in [-0.3, -0.25) is 4.79 Å². The molecule has 128 valence electrons. The fourth-order valence-electron chi connectivity index (χ4n) is 2.95. The van der Waals surface area contributed by atoms with E-state index in [1.807, 2.05) is 44.2 Å². The van der Waals surface area contributed by atoms with Gasteiger partial charge in [-0.2, -0.15) is 0 Å². The van der Waals surface area contributed by atoms with Crippen LogP contribution >= 0.6 is 11.3 Å². The van der Waals surface area contributed by atoms with E-state index >= 15 is 0 Å². The lowest BCUT2D eigenvalue weighted by Crippen LogP contribution is -2.49. The van der Waals surface area contributed by atoms with Gasteiger partial charge in [0.1, 0.15) is 5.75 Å². The third-order valence-electron chi connectivity index (χ3n) is 4.18. The van der Waals surface area contributed by atoms with E-state index in [-0.39, 0.29) is 17.6 Å². The number of ether oxygens (including phenoxy) is 2. The minimum atomic E-state index is -0.323. The number of benzene rings is 1. The van der Waals surface area contributed by atoms with Crippen LogP contribution in [-0.2, 0) is 10.3 Å². The number of carbonyl (C=O) groups excluding carboxylic acids is 1. The zero-order valence-corrected chi connectivity index (χ0v) is 14.9. The number of thiophene rings is 1. The summed E-state index contributed by atoms with van der Waals surface area (Å²) in [6.07, 6.45) is 1.72. The van der Waals surface area contributed by atoms with Gasteiger partial charge in [0.15, 0.2) is 0 Å². The zero-order chi connectivity index (χ0) is 17.0. The second kappa shape index (κ2) is 7.36. The van der Waals surface area contributed by atoms with E-state index in [0.29, 0.717) is 18.8 Å². The summed E-state index contributed by atoms with van der Waals surface area (Å²) in [5.41, 5.74) is 0.324. The van der Waals surface area contributed by atoms with Crippen molar-refractivity contribution in [1.29, 1.82) is 0 Å². The quantitative estimate of drug-likeness (QED) is 0.892. The van der Waals surface area contributed by atoms with Crippen molar-refractivity contribution in [2.24, 2.45) is 0 Å². The Morgan fingerprint density at radius 3 is 2.50 bits per heavy atom. The van der Waals surface area contributed by atoms with Gasteiger partial charge in [-0.25, -0.2) is 0 Å². The first-order valence-corrected chi connectivity index (χ1v) is 9.18. The summed E-state index contributed by atoms with van der Waals surface area (Å²) in [5.74, 6) is 0.724. The van der Waals surface area contributed by atoms with E-state index in [1.165, 1.54) is 4.88 Å².